The van der Waals surface area contributed by atoms with E-state index < -0.39 is 5.41 Å². The van der Waals surface area contributed by atoms with Crippen LogP contribution in [0.25, 0.3) is 0 Å². The number of phenols is 2. The molecule has 0 aromatic heterocycles. The van der Waals surface area contributed by atoms with E-state index in [0.717, 1.165) is 50.8 Å². The third-order valence-electron chi connectivity index (χ3n) is 5.72. The first-order valence-corrected chi connectivity index (χ1v) is 10.0. The van der Waals surface area contributed by atoms with E-state index in [9.17, 15) is 10.2 Å². The van der Waals surface area contributed by atoms with Crippen LogP contribution in [0.2, 0.25) is 0 Å². The molecule has 1 saturated carbocycles. The molecule has 1 saturated heterocycles. The van der Waals surface area contributed by atoms with Crippen LogP contribution in [0.5, 0.6) is 11.5 Å². The maximum Gasteiger partial charge on any atom is 0.120 e. The summed E-state index contributed by atoms with van der Waals surface area (Å²) in [6.07, 6.45) is 5.74. The summed E-state index contributed by atoms with van der Waals surface area (Å²) in [6.45, 7) is 1.55. The molecule has 7 heteroatoms. The van der Waals surface area contributed by atoms with Crippen molar-refractivity contribution < 1.29 is 14.9 Å². The molecule has 0 amide bonds. The highest BCUT2D eigenvalue weighted by molar-refractivity contribution is 7.80. The molecule has 0 bridgehead atoms. The average Bonchev–Trinajstić information content (AvgIpc) is 3.11. The van der Waals surface area contributed by atoms with Crippen LogP contribution < -0.4 is 5.32 Å². The monoisotopic (exact) mass is 391 g/mol. The maximum atomic E-state index is 10.6. The van der Waals surface area contributed by atoms with Gasteiger partial charge in [-0.15, -0.1) is 0 Å². The van der Waals surface area contributed by atoms with E-state index in [0.29, 0.717) is 17.2 Å². The topological polar surface area (TPSA) is 77.3 Å². The summed E-state index contributed by atoms with van der Waals surface area (Å²) in [5, 5.41) is 31.0. The number of nitrogens with zero attached hydrogens (tertiary/aromatic N) is 2. The fourth-order valence-electron chi connectivity index (χ4n) is 4.38. The first-order chi connectivity index (χ1) is 13.0. The Kier molecular flexibility index (Phi) is 6.22. The lowest BCUT2D eigenvalue weighted by Crippen LogP contribution is -2.51. The lowest BCUT2D eigenvalue weighted by Gasteiger charge is -2.40. The molecule has 1 aromatic carbocycles. The number of methoxy groups -OCH3 is 1. The van der Waals surface area contributed by atoms with Gasteiger partial charge in [-0.3, -0.25) is 5.01 Å². The summed E-state index contributed by atoms with van der Waals surface area (Å²) < 4.78 is 5.36. The number of likely N-dealkylation sites (N-methyl/N-ethyl adjacent to an activating group) is 1. The molecule has 1 aliphatic carbocycles. The van der Waals surface area contributed by atoms with Crippen molar-refractivity contribution in [2.75, 3.05) is 27.3 Å². The van der Waals surface area contributed by atoms with Crippen LogP contribution >= 0.6 is 12.2 Å². The van der Waals surface area contributed by atoms with Crippen molar-refractivity contribution in [2.45, 2.75) is 50.0 Å². The number of hydrogen-bond donors (Lipinski definition) is 3. The molecule has 2 atom stereocenters. The number of rotatable bonds is 5. The summed E-state index contributed by atoms with van der Waals surface area (Å²) in [5.41, 5.74) is 0.880. The lowest BCUT2D eigenvalue weighted by molar-refractivity contribution is 0.117. The van der Waals surface area contributed by atoms with E-state index in [2.05, 4.69) is 10.3 Å². The minimum atomic E-state index is -0.703. The molecule has 27 heavy (non-hydrogen) atoms. The number of thiocarbonyl (C=S) groups is 1. The molecule has 1 aliphatic heterocycles. The zero-order valence-corrected chi connectivity index (χ0v) is 16.9. The van der Waals surface area contributed by atoms with E-state index in [1.807, 2.05) is 0 Å². The van der Waals surface area contributed by atoms with Gasteiger partial charge in [-0.1, -0.05) is 18.6 Å². The third-order valence-corrected chi connectivity index (χ3v) is 6.27. The molecule has 6 nitrogen and oxygen atoms in total. The molecule has 148 valence electrons. The van der Waals surface area contributed by atoms with Crippen molar-refractivity contribution in [3.8, 4) is 11.5 Å². The molecule has 2 aliphatic rings. The van der Waals surface area contributed by atoms with Crippen LogP contribution in [0, 0.1) is 0 Å². The van der Waals surface area contributed by atoms with Crippen LogP contribution in [-0.4, -0.2) is 59.3 Å². The molecule has 2 fully saturated rings. The molecule has 1 aromatic rings. The SMILES string of the molecule is CNC(=S)C1(c2cc(O)ccc2O)CCCCC1=NN1CCCC1COC. The summed E-state index contributed by atoms with van der Waals surface area (Å²) in [4.78, 5) is 0.629. The first kappa shape index (κ1) is 19.9. The number of ether oxygens (including phenoxy) is 1. The highest BCUT2D eigenvalue weighted by atomic mass is 32.1. The Morgan fingerprint density at radius 1 is 1.37 bits per heavy atom. The highest BCUT2D eigenvalue weighted by Crippen LogP contribution is 2.44. The van der Waals surface area contributed by atoms with Gasteiger partial charge in [-0.2, -0.15) is 5.10 Å². The predicted molar refractivity (Wildman–Crippen MR) is 111 cm³/mol. The highest BCUT2D eigenvalue weighted by Gasteiger charge is 2.46. The Morgan fingerprint density at radius 2 is 2.19 bits per heavy atom. The van der Waals surface area contributed by atoms with Gasteiger partial charge in [-0.25, -0.2) is 0 Å². The van der Waals surface area contributed by atoms with Gasteiger partial charge in [0.25, 0.3) is 0 Å². The molecule has 0 spiro atoms. The minimum Gasteiger partial charge on any atom is -0.508 e. The standard InChI is InChI=1S/C20H29N3O3S/c1-21-19(27)20(16-12-15(24)8-9-17(16)25)10-4-3-7-18(20)22-23-11-5-6-14(23)13-26-2/h8-9,12,14,24-25H,3-7,10-11,13H2,1-2H3,(H,21,27). The predicted octanol–water partition coefficient (Wildman–Crippen LogP) is 2.92. The molecule has 2 unspecified atom stereocenters. The molecule has 3 N–H and O–H groups in total. The van der Waals surface area contributed by atoms with Crippen molar-refractivity contribution in [1.82, 2.24) is 10.3 Å². The number of nitrogens with one attached hydrogen (secondary N) is 1. The number of aromatic hydroxyl groups is 2. The molecule has 1 heterocycles. The fraction of sp³-hybridized carbons (Fsp3) is 0.600. The van der Waals surface area contributed by atoms with Crippen molar-refractivity contribution in [3.05, 3.63) is 23.8 Å². The van der Waals surface area contributed by atoms with Gasteiger partial charge < -0.3 is 20.3 Å². The fourth-order valence-corrected chi connectivity index (χ4v) is 4.71. The number of hydrazone groups is 1. The van der Waals surface area contributed by atoms with Gasteiger partial charge in [0, 0.05) is 26.3 Å². The molecule has 0 radical (unpaired) electrons. The van der Waals surface area contributed by atoms with Gasteiger partial charge in [0.05, 0.1) is 28.8 Å². The Labute approximate surface area is 166 Å². The summed E-state index contributed by atoms with van der Waals surface area (Å²) in [6, 6.07) is 4.91. The van der Waals surface area contributed by atoms with Crippen molar-refractivity contribution in [2.24, 2.45) is 5.10 Å². The summed E-state index contributed by atoms with van der Waals surface area (Å²) in [7, 11) is 3.52. The van der Waals surface area contributed by atoms with Gasteiger partial charge >= 0.3 is 0 Å². The van der Waals surface area contributed by atoms with Crippen LogP contribution in [0.3, 0.4) is 0 Å². The summed E-state index contributed by atoms with van der Waals surface area (Å²) in [5.74, 6) is 0.249. The van der Waals surface area contributed by atoms with Crippen LogP contribution in [0.1, 0.15) is 44.1 Å². The number of phenolic OH excluding ortho intramolecular Hbond substituents is 2. The number of benzene rings is 1. The first-order valence-electron chi connectivity index (χ1n) is 9.61. The van der Waals surface area contributed by atoms with Gasteiger partial charge in [0.2, 0.25) is 0 Å². The zero-order chi connectivity index (χ0) is 19.4. The Bertz CT molecular complexity index is 724. The number of hydrogen-bond acceptors (Lipinski definition) is 6. The quantitative estimate of drug-likeness (QED) is 0.529. The van der Waals surface area contributed by atoms with Gasteiger partial charge in [0.1, 0.15) is 11.5 Å². The second kappa shape index (κ2) is 8.44. The third kappa shape index (κ3) is 3.75. The van der Waals surface area contributed by atoms with E-state index >= 15 is 0 Å². The second-order valence-electron chi connectivity index (χ2n) is 7.35. The molecule has 3 rings (SSSR count). The summed E-state index contributed by atoms with van der Waals surface area (Å²) >= 11 is 5.74. The van der Waals surface area contributed by atoms with E-state index in [1.54, 1.807) is 20.2 Å². The van der Waals surface area contributed by atoms with Crippen LogP contribution in [0.4, 0.5) is 0 Å². The maximum absolute atomic E-state index is 10.6. The lowest BCUT2D eigenvalue weighted by atomic mass is 9.67. The van der Waals surface area contributed by atoms with Crippen molar-refractivity contribution in [1.29, 1.82) is 0 Å². The van der Waals surface area contributed by atoms with E-state index in [4.69, 9.17) is 22.1 Å². The molecular formula is C20H29N3O3S. The van der Waals surface area contributed by atoms with E-state index in [1.165, 1.54) is 12.1 Å². The smallest absolute Gasteiger partial charge is 0.120 e. The van der Waals surface area contributed by atoms with Crippen molar-refractivity contribution >= 4 is 22.9 Å². The van der Waals surface area contributed by atoms with Crippen LogP contribution in [0.15, 0.2) is 23.3 Å². The Morgan fingerprint density at radius 3 is 2.93 bits per heavy atom. The Hall–Kier alpha value is -1.86. The minimum absolute atomic E-state index is 0.115. The van der Waals surface area contributed by atoms with Gasteiger partial charge in [-0.05, 0) is 50.3 Å². The molecular weight excluding hydrogens is 362 g/mol. The zero-order valence-electron chi connectivity index (χ0n) is 16.1. The van der Waals surface area contributed by atoms with Crippen molar-refractivity contribution in [3.63, 3.8) is 0 Å². The van der Waals surface area contributed by atoms with Crippen LogP contribution in [-0.2, 0) is 10.2 Å². The normalized spacial score (nSPS) is 27.1. The average molecular weight is 392 g/mol. The van der Waals surface area contributed by atoms with E-state index in [-0.39, 0.29) is 17.5 Å². The Balaban J connectivity index is 2.10. The van der Waals surface area contributed by atoms with Gasteiger partial charge in [0.15, 0.2) is 0 Å². The second-order valence-corrected chi connectivity index (χ2v) is 7.76. The largest absolute Gasteiger partial charge is 0.508 e.